The van der Waals surface area contributed by atoms with E-state index in [1.807, 2.05) is 45.9 Å². The smallest absolute Gasteiger partial charge is 0.360 e. The second-order valence-electron chi connectivity index (χ2n) is 11.9. The van der Waals surface area contributed by atoms with Gasteiger partial charge in [0, 0.05) is 29.6 Å². The zero-order valence-electron chi connectivity index (χ0n) is 24.8. The summed E-state index contributed by atoms with van der Waals surface area (Å²) < 4.78 is 22.9. The first-order valence-corrected chi connectivity index (χ1v) is 16.0. The van der Waals surface area contributed by atoms with Crippen LogP contribution in [0.25, 0.3) is 11.3 Å². The van der Waals surface area contributed by atoms with Gasteiger partial charge < -0.3 is 14.2 Å². The molecule has 2 aromatic carbocycles. The normalized spacial score (nSPS) is 17.6. The number of fused-ring (bicyclic) bond motifs is 1. The van der Waals surface area contributed by atoms with Crippen LogP contribution in [-0.4, -0.2) is 50.6 Å². The van der Waals surface area contributed by atoms with E-state index < -0.39 is 22.1 Å². The van der Waals surface area contributed by atoms with E-state index in [2.05, 4.69) is 11.0 Å². The number of nitriles is 1. The molecule has 1 saturated heterocycles. The largest absolute Gasteiger partial charge is 0.591 e. The number of nitrogens with zero attached hydrogens (tertiary/aromatic N) is 5. The van der Waals surface area contributed by atoms with E-state index >= 15 is 0 Å². The minimum Gasteiger partial charge on any atom is -0.591 e. The predicted molar refractivity (Wildman–Crippen MR) is 171 cm³/mol. The fraction of sp³-hybridized carbons (Fsp3) is 0.406. The van der Waals surface area contributed by atoms with Crippen LogP contribution in [0.5, 0.6) is 0 Å². The molecule has 0 saturated carbocycles. The van der Waals surface area contributed by atoms with E-state index in [0.717, 1.165) is 23.3 Å². The van der Waals surface area contributed by atoms with Crippen molar-refractivity contribution in [2.45, 2.75) is 58.6 Å². The number of rotatable bonds is 5. The number of esters is 1. The highest BCUT2D eigenvalue weighted by Crippen LogP contribution is 2.47. The molecule has 3 aromatic rings. The van der Waals surface area contributed by atoms with E-state index in [0.29, 0.717) is 64.3 Å². The molecule has 43 heavy (non-hydrogen) atoms. The van der Waals surface area contributed by atoms with Crippen molar-refractivity contribution < 1.29 is 14.1 Å². The molecule has 224 valence electrons. The van der Waals surface area contributed by atoms with Gasteiger partial charge in [-0.2, -0.15) is 5.26 Å². The van der Waals surface area contributed by atoms with Crippen molar-refractivity contribution in [1.82, 2.24) is 9.97 Å². The summed E-state index contributed by atoms with van der Waals surface area (Å²) in [5.74, 6) is -0.114. The fourth-order valence-corrected chi connectivity index (χ4v) is 6.81. The molecular formula is C32H33Cl2N5O3S. The van der Waals surface area contributed by atoms with E-state index in [-0.39, 0.29) is 17.7 Å². The number of benzene rings is 2. The molecule has 0 bridgehead atoms. The van der Waals surface area contributed by atoms with Gasteiger partial charge in [0.25, 0.3) is 0 Å². The molecule has 8 nitrogen and oxygen atoms in total. The number of ether oxygens (including phenoxy) is 1. The van der Waals surface area contributed by atoms with Gasteiger partial charge in [-0.15, -0.1) is 0 Å². The maximum Gasteiger partial charge on any atom is 0.360 e. The van der Waals surface area contributed by atoms with Gasteiger partial charge in [0.1, 0.15) is 21.8 Å². The Morgan fingerprint density at radius 2 is 1.91 bits per heavy atom. The minimum absolute atomic E-state index is 0.116. The van der Waals surface area contributed by atoms with Gasteiger partial charge in [0.05, 0.1) is 39.7 Å². The third-order valence-corrected chi connectivity index (χ3v) is 10.2. The van der Waals surface area contributed by atoms with Crippen molar-refractivity contribution >= 4 is 52.1 Å². The minimum atomic E-state index is -1.47. The molecule has 1 spiro atoms. The first kappa shape index (κ1) is 31.3. The van der Waals surface area contributed by atoms with E-state index in [9.17, 15) is 14.6 Å². The number of carbonyl (C=O) groups is 1. The zero-order chi connectivity index (χ0) is 31.1. The second kappa shape index (κ2) is 12.1. The number of carbonyl (C=O) groups excluding carboxylic acids is 1. The van der Waals surface area contributed by atoms with Crippen molar-refractivity contribution in [3.63, 3.8) is 0 Å². The molecular weight excluding hydrogens is 605 g/mol. The summed E-state index contributed by atoms with van der Waals surface area (Å²) in [4.78, 5) is 24.9. The monoisotopic (exact) mass is 637 g/mol. The first-order chi connectivity index (χ1) is 20.4. The van der Waals surface area contributed by atoms with Gasteiger partial charge in [0.2, 0.25) is 0 Å². The Balaban J connectivity index is 1.52. The van der Waals surface area contributed by atoms with Crippen LogP contribution >= 0.6 is 23.2 Å². The molecule has 0 N–H and O–H groups in total. The fourth-order valence-electron chi connectivity index (χ4n) is 5.69. The van der Waals surface area contributed by atoms with Gasteiger partial charge in [-0.25, -0.2) is 14.8 Å². The van der Waals surface area contributed by atoms with Gasteiger partial charge in [0.15, 0.2) is 11.5 Å². The lowest BCUT2D eigenvalue weighted by Crippen LogP contribution is -2.45. The highest BCUT2D eigenvalue weighted by molar-refractivity contribution is 7.91. The van der Waals surface area contributed by atoms with Crippen LogP contribution in [0, 0.1) is 23.7 Å². The quantitative estimate of drug-likeness (QED) is 0.221. The third-order valence-electron chi connectivity index (χ3n) is 7.97. The van der Waals surface area contributed by atoms with Gasteiger partial charge in [-0.05, 0) is 77.6 Å². The highest BCUT2D eigenvalue weighted by atomic mass is 35.5. The summed E-state index contributed by atoms with van der Waals surface area (Å²) in [5.41, 5.74) is 4.76. The average molecular weight is 639 g/mol. The molecule has 1 aromatic heterocycles. The molecule has 1 atom stereocenters. The summed E-state index contributed by atoms with van der Waals surface area (Å²) in [6.45, 7) is 10.6. The number of halogens is 2. The maximum absolute atomic E-state index is 13.3. The SMILES string of the molecule is CCOC(=O)c1nc(-c2cccc(Cl)c2Cl)c(C)nc1N1CCC2(CC1)Cc1ccc(C#N)cc1C2=N[S@+]([O-])C(C)(C)C. The Bertz CT molecular complexity index is 1660. The van der Waals surface area contributed by atoms with Crippen molar-refractivity contribution in [2.75, 3.05) is 24.6 Å². The van der Waals surface area contributed by atoms with Crippen molar-refractivity contribution in [3.05, 3.63) is 74.5 Å². The summed E-state index contributed by atoms with van der Waals surface area (Å²) >= 11 is 11.3. The molecule has 1 aliphatic carbocycles. The number of piperidine rings is 1. The number of hydrogen-bond donors (Lipinski definition) is 0. The topological polar surface area (TPSA) is 115 Å². The molecule has 5 rings (SSSR count). The number of anilines is 1. The van der Waals surface area contributed by atoms with Crippen LogP contribution < -0.4 is 4.90 Å². The first-order valence-electron chi connectivity index (χ1n) is 14.2. The Hall–Kier alpha value is -3.16. The van der Waals surface area contributed by atoms with Crippen molar-refractivity contribution in [3.8, 4) is 17.3 Å². The van der Waals surface area contributed by atoms with Crippen LogP contribution in [-0.2, 0) is 22.5 Å². The Labute approximate surface area is 265 Å². The Morgan fingerprint density at radius 1 is 1.19 bits per heavy atom. The lowest BCUT2D eigenvalue weighted by atomic mass is 9.74. The predicted octanol–water partition coefficient (Wildman–Crippen LogP) is 6.90. The lowest BCUT2D eigenvalue weighted by Gasteiger charge is -2.40. The van der Waals surface area contributed by atoms with Crippen LogP contribution in [0.15, 0.2) is 40.8 Å². The molecule has 0 amide bonds. The summed E-state index contributed by atoms with van der Waals surface area (Å²) in [6, 6.07) is 13.2. The molecule has 0 radical (unpaired) electrons. The lowest BCUT2D eigenvalue weighted by molar-refractivity contribution is 0.0519. The van der Waals surface area contributed by atoms with Crippen molar-refractivity contribution in [2.24, 2.45) is 9.81 Å². The highest BCUT2D eigenvalue weighted by Gasteiger charge is 2.48. The number of aromatic nitrogens is 2. The van der Waals surface area contributed by atoms with Crippen LogP contribution in [0.2, 0.25) is 10.0 Å². The van der Waals surface area contributed by atoms with Gasteiger partial charge in [-0.1, -0.05) is 45.8 Å². The van der Waals surface area contributed by atoms with E-state index in [1.54, 1.807) is 25.1 Å². The molecule has 11 heteroatoms. The van der Waals surface area contributed by atoms with E-state index in [1.165, 1.54) is 0 Å². The zero-order valence-corrected chi connectivity index (χ0v) is 27.2. The van der Waals surface area contributed by atoms with Gasteiger partial charge in [-0.3, -0.25) is 0 Å². The van der Waals surface area contributed by atoms with Gasteiger partial charge >= 0.3 is 5.97 Å². The average Bonchev–Trinajstić information content (AvgIpc) is 3.25. The Kier molecular flexibility index (Phi) is 8.79. The summed E-state index contributed by atoms with van der Waals surface area (Å²) in [6.07, 6.45) is 2.12. The maximum atomic E-state index is 13.3. The number of hydrogen-bond acceptors (Lipinski definition) is 8. The van der Waals surface area contributed by atoms with Crippen LogP contribution in [0.1, 0.15) is 73.4 Å². The molecule has 1 aliphatic heterocycles. The number of aryl methyl sites for hydroxylation is 1. The van der Waals surface area contributed by atoms with Crippen LogP contribution in [0.4, 0.5) is 5.82 Å². The second-order valence-corrected chi connectivity index (χ2v) is 14.6. The standard InChI is InChI=1S/C32H33Cl2N5O3S/c1-6-42-30(40)27-29(36-19(2)26(37-27)22-8-7-9-24(33)25(22)34)39-14-12-32(13-15-39)17-21-11-10-20(18-35)16-23(21)28(32)38-43(41)31(3,4)5/h7-11,16H,6,12-15,17H2,1-5H3/t43-/m1/s1. The van der Waals surface area contributed by atoms with Crippen LogP contribution in [0.3, 0.4) is 0 Å². The molecule has 2 heterocycles. The van der Waals surface area contributed by atoms with E-state index in [4.69, 9.17) is 42.3 Å². The Morgan fingerprint density at radius 3 is 2.56 bits per heavy atom. The molecule has 2 aliphatic rings. The summed E-state index contributed by atoms with van der Waals surface area (Å²) in [5, 5.41) is 10.3. The van der Waals surface area contributed by atoms with Crippen molar-refractivity contribution in [1.29, 1.82) is 5.26 Å². The molecule has 0 unspecified atom stereocenters. The third kappa shape index (κ3) is 5.99. The molecule has 1 fully saturated rings. The summed E-state index contributed by atoms with van der Waals surface area (Å²) in [7, 11) is 0.